The van der Waals surface area contributed by atoms with Gasteiger partial charge in [-0.05, 0) is 81.5 Å². The molecule has 430 valence electrons. The van der Waals surface area contributed by atoms with Crippen molar-refractivity contribution >= 4 is 37.5 Å². The number of rotatable bonds is 32. The number of fused-ring (bicyclic) bond motifs is 1. The normalized spacial score (nSPS) is 16.9. The first-order valence-electron chi connectivity index (χ1n) is 26.8. The second kappa shape index (κ2) is 29.7. The van der Waals surface area contributed by atoms with Crippen LogP contribution in [0.5, 0.6) is 11.5 Å². The second-order valence-electron chi connectivity index (χ2n) is 19.8. The van der Waals surface area contributed by atoms with Gasteiger partial charge in [-0.2, -0.15) is 10.2 Å². The predicted molar refractivity (Wildman–Crippen MR) is 297 cm³/mol. The van der Waals surface area contributed by atoms with Crippen LogP contribution in [0.3, 0.4) is 0 Å². The van der Waals surface area contributed by atoms with E-state index < -0.39 is 50.1 Å². The molecule has 7 rings (SSSR count). The van der Waals surface area contributed by atoms with E-state index in [1.165, 1.54) is 6.33 Å². The third-order valence-electron chi connectivity index (χ3n) is 13.1. The largest absolute Gasteiger partial charge is 0.497 e. The smallest absolute Gasteiger partial charge is 0.280 e. The SMILES string of the molecule is COc1ccc(C(OCC2OC(n3cnc4c(=O)[nH]c(NC(=O)C(C)C)nc43)[C@H](OCc3cn(CCOCCNC(=O)CCCCO)nn3)[C@@H]2OP(OCCC#N)N(C(C)C)C(C)C)(c2ccccc2)c2ccc(OC)cc2)cc1. The van der Waals surface area contributed by atoms with Crippen LogP contribution in [0.25, 0.3) is 11.2 Å². The number of hydrogen-bond donors (Lipinski definition) is 4. The number of H-pyrrole nitrogens is 1. The van der Waals surface area contributed by atoms with E-state index in [0.29, 0.717) is 56.2 Å². The lowest BCUT2D eigenvalue weighted by molar-refractivity contribution is -0.121. The van der Waals surface area contributed by atoms with Gasteiger partial charge in [-0.3, -0.25) is 29.3 Å². The minimum atomic E-state index is -1.96. The standard InChI is InChI=1S/C56H74N11O12P/c1-37(2)52(70)61-55-60-51-48(53(71)62-55)59-36-66(51)54-50(75-34-43-33-65(64-63-43)28-32-74-31-27-58-47(69)17-12-13-29-68)49(79-80(77-30-14-26-57)67(38(3)4)39(5)6)46(78-54)35-76-56(40-15-10-9-11-16-40,41-18-22-44(72-7)23-19-41)42-20-24-45(73-8)25-21-42/h9-11,15-16,18-25,33,36-39,46,49-50,54,68H,12-14,17,27-32,34-35H2,1-8H3,(H,58,69)(H2,60,61,62,70,71)/t46?,49-,50-,54?,80?/m1/s1. The molecule has 6 aromatic rings. The lowest BCUT2D eigenvalue weighted by Crippen LogP contribution is -2.43. The molecule has 0 radical (unpaired) electrons. The van der Waals surface area contributed by atoms with Crippen LogP contribution in [0, 0.1) is 17.2 Å². The topological polar surface area (TPSA) is 274 Å². The number of hydrogen-bond acceptors (Lipinski definition) is 18. The van der Waals surface area contributed by atoms with Crippen molar-refractivity contribution in [2.24, 2.45) is 5.92 Å². The van der Waals surface area contributed by atoms with Crippen LogP contribution in [0.15, 0.2) is 96.2 Å². The first-order chi connectivity index (χ1) is 38.7. The van der Waals surface area contributed by atoms with Crippen LogP contribution >= 0.6 is 8.53 Å². The number of methoxy groups -OCH3 is 2. The van der Waals surface area contributed by atoms with Gasteiger partial charge in [-0.15, -0.1) is 5.10 Å². The zero-order valence-corrected chi connectivity index (χ0v) is 47.5. The van der Waals surface area contributed by atoms with Crippen molar-refractivity contribution in [1.82, 2.24) is 44.5 Å². The Labute approximate surface area is 467 Å². The summed E-state index contributed by atoms with van der Waals surface area (Å²) in [6.45, 7) is 12.8. The van der Waals surface area contributed by atoms with E-state index in [1.54, 1.807) is 43.5 Å². The average molecular weight is 1120 g/mol. The number of nitriles is 1. The number of aromatic amines is 1. The molecule has 5 atom stereocenters. The molecule has 3 aromatic heterocycles. The van der Waals surface area contributed by atoms with Gasteiger partial charge in [0, 0.05) is 37.6 Å². The number of nitrogens with one attached hydrogen (secondary N) is 3. The highest BCUT2D eigenvalue weighted by atomic mass is 31.2. The number of aliphatic hydroxyl groups is 1. The summed E-state index contributed by atoms with van der Waals surface area (Å²) in [5.41, 5.74) is 0.979. The Morgan fingerprint density at radius 3 is 2.21 bits per heavy atom. The Morgan fingerprint density at radius 1 is 0.912 bits per heavy atom. The summed E-state index contributed by atoms with van der Waals surface area (Å²) in [4.78, 5) is 50.6. The molecule has 1 fully saturated rings. The number of imidazole rings is 1. The van der Waals surface area contributed by atoms with Gasteiger partial charge in [0.2, 0.25) is 17.8 Å². The first-order valence-corrected chi connectivity index (χ1v) is 28.0. The van der Waals surface area contributed by atoms with Crippen LogP contribution in [-0.2, 0) is 56.3 Å². The third-order valence-corrected chi connectivity index (χ3v) is 15.3. The number of amides is 2. The van der Waals surface area contributed by atoms with Crippen LogP contribution in [0.2, 0.25) is 0 Å². The van der Waals surface area contributed by atoms with Gasteiger partial charge >= 0.3 is 0 Å². The van der Waals surface area contributed by atoms with Crippen LogP contribution in [0.4, 0.5) is 5.95 Å². The molecule has 4 N–H and O–H groups in total. The summed E-state index contributed by atoms with van der Waals surface area (Å²) in [5.74, 6) is 0.325. The molecule has 4 heterocycles. The van der Waals surface area contributed by atoms with E-state index in [9.17, 15) is 19.6 Å². The number of benzene rings is 3. The van der Waals surface area contributed by atoms with Crippen molar-refractivity contribution in [1.29, 1.82) is 5.26 Å². The summed E-state index contributed by atoms with van der Waals surface area (Å²) in [6.07, 6.45) is 0.608. The van der Waals surface area contributed by atoms with Crippen LogP contribution < -0.4 is 25.7 Å². The quantitative estimate of drug-likeness (QED) is 0.0193. The van der Waals surface area contributed by atoms with E-state index in [4.69, 9.17) is 47.6 Å². The number of aliphatic hydroxyl groups excluding tert-OH is 1. The van der Waals surface area contributed by atoms with Gasteiger partial charge < -0.3 is 47.9 Å². The molecule has 2 amide bonds. The van der Waals surface area contributed by atoms with Gasteiger partial charge in [0.05, 0.1) is 78.8 Å². The van der Waals surface area contributed by atoms with E-state index in [2.05, 4.69) is 41.7 Å². The number of aromatic nitrogens is 7. The maximum Gasteiger partial charge on any atom is 0.280 e. The Morgan fingerprint density at radius 2 is 1.59 bits per heavy atom. The predicted octanol–water partition coefficient (Wildman–Crippen LogP) is 6.77. The van der Waals surface area contributed by atoms with Gasteiger partial charge in [0.25, 0.3) is 14.1 Å². The molecular weight excluding hydrogens is 1050 g/mol. The zero-order chi connectivity index (χ0) is 57.2. The molecule has 24 heteroatoms. The van der Waals surface area contributed by atoms with Crippen molar-refractivity contribution in [3.05, 3.63) is 124 Å². The Bertz CT molecular complexity index is 2930. The van der Waals surface area contributed by atoms with Crippen molar-refractivity contribution in [3.8, 4) is 17.6 Å². The summed E-state index contributed by atoms with van der Waals surface area (Å²) < 4.78 is 57.9. The number of ether oxygens (including phenoxy) is 6. The van der Waals surface area contributed by atoms with E-state index in [-0.39, 0.29) is 80.5 Å². The summed E-state index contributed by atoms with van der Waals surface area (Å²) in [5, 5.41) is 33.0. The molecule has 1 saturated heterocycles. The second-order valence-corrected chi connectivity index (χ2v) is 21.2. The van der Waals surface area contributed by atoms with Gasteiger partial charge in [-0.25, -0.2) is 14.3 Å². The minimum Gasteiger partial charge on any atom is -0.497 e. The molecule has 3 aromatic carbocycles. The van der Waals surface area contributed by atoms with E-state index in [1.807, 2.05) is 107 Å². The number of unbranched alkanes of at least 4 members (excludes halogenated alkanes) is 1. The molecule has 1 aliphatic heterocycles. The van der Waals surface area contributed by atoms with Gasteiger partial charge in [0.1, 0.15) is 41.1 Å². The fourth-order valence-electron chi connectivity index (χ4n) is 9.19. The number of anilines is 1. The maximum atomic E-state index is 13.7. The van der Waals surface area contributed by atoms with E-state index in [0.717, 1.165) is 16.7 Å². The highest BCUT2D eigenvalue weighted by Crippen LogP contribution is 2.52. The third kappa shape index (κ3) is 15.4. The fourth-order valence-corrected chi connectivity index (χ4v) is 11.0. The molecular formula is C56H74N11O12P. The average Bonchev–Trinajstić information content (AvgIpc) is 4.20. The molecule has 80 heavy (non-hydrogen) atoms. The Hall–Kier alpha value is -6.71. The number of carbonyl (C=O) groups is 2. The highest BCUT2D eigenvalue weighted by Gasteiger charge is 2.52. The van der Waals surface area contributed by atoms with Gasteiger partial charge in [0.15, 0.2) is 17.4 Å². The first kappa shape index (κ1) is 60.9. The van der Waals surface area contributed by atoms with Crippen molar-refractivity contribution in [2.75, 3.05) is 59.1 Å². The molecule has 0 saturated carbocycles. The lowest BCUT2D eigenvalue weighted by atomic mass is 9.80. The minimum absolute atomic E-state index is 0.0207. The van der Waals surface area contributed by atoms with Gasteiger partial charge in [-0.1, -0.05) is 73.7 Å². The molecule has 23 nitrogen and oxygen atoms in total. The van der Waals surface area contributed by atoms with Crippen molar-refractivity contribution in [3.63, 3.8) is 0 Å². The summed E-state index contributed by atoms with van der Waals surface area (Å²) in [6, 6.07) is 27.2. The fraction of sp³-hybridized carbons (Fsp3) is 0.500. The van der Waals surface area contributed by atoms with Crippen molar-refractivity contribution < 1.29 is 52.2 Å². The van der Waals surface area contributed by atoms with Crippen molar-refractivity contribution in [2.45, 2.75) is 123 Å². The highest BCUT2D eigenvalue weighted by molar-refractivity contribution is 7.44. The summed E-state index contributed by atoms with van der Waals surface area (Å²) in [7, 11) is 1.26. The molecule has 1 aliphatic rings. The summed E-state index contributed by atoms with van der Waals surface area (Å²) >= 11 is 0. The molecule has 0 spiro atoms. The Kier molecular flexibility index (Phi) is 22.6. The van der Waals surface area contributed by atoms with Crippen LogP contribution in [-0.4, -0.2) is 140 Å². The van der Waals surface area contributed by atoms with Crippen LogP contribution in [0.1, 0.15) is 95.8 Å². The molecule has 0 bridgehead atoms. The molecule has 3 unspecified atom stereocenters. The lowest BCUT2D eigenvalue weighted by Gasteiger charge is -2.39. The molecule has 0 aliphatic carbocycles. The number of nitrogens with zero attached hydrogens (tertiary/aromatic N) is 8. The van der Waals surface area contributed by atoms with E-state index >= 15 is 0 Å². The number of carbonyl (C=O) groups excluding carboxylic acids is 2. The Balaban J connectivity index is 1.31. The zero-order valence-electron chi connectivity index (χ0n) is 46.6. The maximum absolute atomic E-state index is 13.7. The monoisotopic (exact) mass is 1120 g/mol.